The molecule has 6 nitrogen and oxygen atoms in total. The normalized spacial score (nSPS) is 11.0. The van der Waals surface area contributed by atoms with E-state index in [-0.39, 0.29) is 23.3 Å². The minimum absolute atomic E-state index is 0.0691. The predicted octanol–water partition coefficient (Wildman–Crippen LogP) is 17.9. The molecule has 0 saturated carbocycles. The van der Waals surface area contributed by atoms with Crippen molar-refractivity contribution < 1.29 is 28.6 Å². The third kappa shape index (κ3) is 35.8. The van der Waals surface area contributed by atoms with E-state index in [0.717, 1.165) is 77.0 Å². The van der Waals surface area contributed by atoms with Crippen LogP contribution in [0.25, 0.3) is 0 Å². The van der Waals surface area contributed by atoms with E-state index in [1.807, 2.05) is 18.2 Å². The Balaban J connectivity index is 2.47. The van der Waals surface area contributed by atoms with Gasteiger partial charge < -0.3 is 14.2 Å². The van der Waals surface area contributed by atoms with Crippen molar-refractivity contribution in [3.05, 3.63) is 72.9 Å². The molecule has 0 amide bonds. The van der Waals surface area contributed by atoms with Crippen LogP contribution in [0.3, 0.4) is 0 Å². The average Bonchev–Trinajstić information content (AvgIpc) is 3.29. The van der Waals surface area contributed by atoms with Gasteiger partial charge in [-0.2, -0.15) is 0 Å². The molecule has 1 rings (SSSR count). The maximum Gasteiger partial charge on any atom is 0.339 e. The van der Waals surface area contributed by atoms with E-state index >= 15 is 0 Å². The summed E-state index contributed by atoms with van der Waals surface area (Å²) in [5, 5.41) is 0. The third-order valence-electron chi connectivity index (χ3n) is 12.3. The highest BCUT2D eigenvalue weighted by Gasteiger charge is 2.22. The number of carbonyl (C=O) groups excluding carboxylic acids is 3. The Labute approximate surface area is 388 Å². The van der Waals surface area contributed by atoms with Crippen molar-refractivity contribution in [2.24, 2.45) is 0 Å². The second kappa shape index (κ2) is 45.4. The summed E-state index contributed by atoms with van der Waals surface area (Å²) in [6.07, 6.45) is 53.2. The standard InChI is InChI=1S/C57H96O6/c1-4-7-10-13-16-19-22-25-28-31-34-37-40-43-48-61-55(58)52-46-47-53(56(59)62-49-44-41-38-35-32-29-26-23-20-17-14-11-8-5-2)54(51-52)57(60)63-50-45-42-39-36-33-30-27-24-21-18-15-12-9-6-3/h4-6,46-47,51H,1-3,7-45,48-50H2. The second-order valence-corrected chi connectivity index (χ2v) is 18.1. The van der Waals surface area contributed by atoms with Crippen LogP contribution in [-0.2, 0) is 14.2 Å². The van der Waals surface area contributed by atoms with Crippen LogP contribution in [0.4, 0.5) is 0 Å². The number of carbonyl (C=O) groups is 3. The molecule has 1 aromatic rings. The number of hydrogen-bond acceptors (Lipinski definition) is 6. The molecule has 0 aliphatic carbocycles. The Bertz CT molecular complexity index is 1270. The van der Waals surface area contributed by atoms with E-state index in [1.165, 1.54) is 185 Å². The van der Waals surface area contributed by atoms with Gasteiger partial charge in [-0.3, -0.25) is 0 Å². The number of unbranched alkanes of at least 4 members (excludes halogenated alkanes) is 36. The zero-order valence-corrected chi connectivity index (χ0v) is 40.7. The summed E-state index contributed by atoms with van der Waals surface area (Å²) in [4.78, 5) is 39.7. The van der Waals surface area contributed by atoms with Crippen LogP contribution in [0.2, 0.25) is 0 Å². The summed E-state index contributed by atoms with van der Waals surface area (Å²) in [5.41, 5.74) is 0.451. The summed E-state index contributed by atoms with van der Waals surface area (Å²) >= 11 is 0. The van der Waals surface area contributed by atoms with Crippen molar-refractivity contribution in [1.82, 2.24) is 0 Å². The van der Waals surface area contributed by atoms with Crippen molar-refractivity contribution in [3.8, 4) is 0 Å². The van der Waals surface area contributed by atoms with E-state index in [4.69, 9.17) is 14.2 Å². The summed E-state index contributed by atoms with van der Waals surface area (Å²) < 4.78 is 16.9. The zero-order valence-electron chi connectivity index (χ0n) is 40.7. The van der Waals surface area contributed by atoms with Crippen LogP contribution in [-0.4, -0.2) is 37.7 Å². The fourth-order valence-corrected chi connectivity index (χ4v) is 8.23. The van der Waals surface area contributed by atoms with E-state index in [0.29, 0.717) is 13.2 Å². The highest BCUT2D eigenvalue weighted by atomic mass is 16.5. The van der Waals surface area contributed by atoms with Gasteiger partial charge in [0.15, 0.2) is 0 Å². The summed E-state index contributed by atoms with van der Waals surface area (Å²) in [6, 6.07) is 4.53. The van der Waals surface area contributed by atoms with Crippen molar-refractivity contribution in [2.45, 2.75) is 250 Å². The molecule has 0 bridgehead atoms. The van der Waals surface area contributed by atoms with Gasteiger partial charge in [-0.25, -0.2) is 14.4 Å². The number of esters is 3. The number of allylic oxidation sites excluding steroid dienone is 3. The summed E-state index contributed by atoms with van der Waals surface area (Å²) in [7, 11) is 0. The Morgan fingerprint density at radius 2 is 0.556 bits per heavy atom. The average molecular weight is 877 g/mol. The number of rotatable bonds is 48. The van der Waals surface area contributed by atoms with Crippen molar-refractivity contribution in [1.29, 1.82) is 0 Å². The number of ether oxygens (including phenoxy) is 3. The fraction of sp³-hybridized carbons (Fsp3) is 0.737. The Hall–Kier alpha value is -3.15. The van der Waals surface area contributed by atoms with Gasteiger partial charge in [0.1, 0.15) is 0 Å². The van der Waals surface area contributed by atoms with Crippen LogP contribution in [0.1, 0.15) is 281 Å². The molecule has 0 radical (unpaired) electrons. The lowest BCUT2D eigenvalue weighted by Gasteiger charge is -2.12. The Kier molecular flexibility index (Phi) is 41.7. The molecule has 0 heterocycles. The quantitative estimate of drug-likeness (QED) is 0.0281. The smallest absolute Gasteiger partial charge is 0.339 e. The lowest BCUT2D eigenvalue weighted by molar-refractivity contribution is 0.0447. The largest absolute Gasteiger partial charge is 0.462 e. The van der Waals surface area contributed by atoms with Crippen molar-refractivity contribution in [2.75, 3.05) is 19.8 Å². The summed E-state index contributed by atoms with van der Waals surface area (Å²) in [6.45, 7) is 12.3. The van der Waals surface area contributed by atoms with E-state index in [1.54, 1.807) is 6.07 Å². The molecule has 0 atom stereocenters. The molecule has 0 fully saturated rings. The molecule has 0 N–H and O–H groups in total. The van der Waals surface area contributed by atoms with Gasteiger partial charge >= 0.3 is 17.9 Å². The molecule has 1 aromatic carbocycles. The first-order valence-corrected chi connectivity index (χ1v) is 26.5. The van der Waals surface area contributed by atoms with Crippen molar-refractivity contribution in [3.63, 3.8) is 0 Å². The second-order valence-electron chi connectivity index (χ2n) is 18.1. The van der Waals surface area contributed by atoms with E-state index in [2.05, 4.69) is 19.7 Å². The first kappa shape index (κ1) is 57.9. The van der Waals surface area contributed by atoms with Gasteiger partial charge in [0.25, 0.3) is 0 Å². The monoisotopic (exact) mass is 877 g/mol. The van der Waals surface area contributed by atoms with Crippen LogP contribution in [0.15, 0.2) is 56.2 Å². The first-order chi connectivity index (χ1) is 31.0. The summed E-state index contributed by atoms with van der Waals surface area (Å²) in [5.74, 6) is -1.65. The highest BCUT2D eigenvalue weighted by Crippen LogP contribution is 2.20. The molecule has 6 heteroatoms. The molecule has 0 unspecified atom stereocenters. The molecule has 63 heavy (non-hydrogen) atoms. The van der Waals surface area contributed by atoms with Gasteiger partial charge in [0, 0.05) is 0 Å². The predicted molar refractivity (Wildman–Crippen MR) is 268 cm³/mol. The lowest BCUT2D eigenvalue weighted by atomic mass is 10.0. The molecule has 0 aliphatic rings. The van der Waals surface area contributed by atoms with Crippen molar-refractivity contribution >= 4 is 17.9 Å². The van der Waals surface area contributed by atoms with E-state index in [9.17, 15) is 14.4 Å². The maximum atomic E-state index is 13.4. The zero-order chi connectivity index (χ0) is 45.5. The maximum absolute atomic E-state index is 13.4. The minimum atomic E-state index is -0.600. The van der Waals surface area contributed by atoms with Crippen LogP contribution in [0, 0.1) is 0 Å². The van der Waals surface area contributed by atoms with E-state index < -0.39 is 17.9 Å². The van der Waals surface area contributed by atoms with Gasteiger partial charge in [0.05, 0.1) is 36.5 Å². The molecular weight excluding hydrogens is 781 g/mol. The molecule has 0 saturated heterocycles. The van der Waals surface area contributed by atoms with Crippen LogP contribution < -0.4 is 0 Å². The molecule has 0 spiro atoms. The number of hydrogen-bond donors (Lipinski definition) is 0. The third-order valence-corrected chi connectivity index (χ3v) is 12.3. The number of benzene rings is 1. The van der Waals surface area contributed by atoms with Gasteiger partial charge in [0.2, 0.25) is 0 Å². The minimum Gasteiger partial charge on any atom is -0.462 e. The van der Waals surface area contributed by atoms with Gasteiger partial charge in [-0.15, -0.1) is 19.7 Å². The molecule has 0 aliphatic heterocycles. The fourth-order valence-electron chi connectivity index (χ4n) is 8.23. The van der Waals surface area contributed by atoms with Gasteiger partial charge in [-0.05, 0) is 76.0 Å². The molecular formula is C57H96O6. The SMILES string of the molecule is C=CCCCCCCCCCCCCCCOC(=O)c1ccc(C(=O)OCCCCCCCCCCCCCCC=C)c(C(=O)OCCCCCCCCCCCCCCC=C)c1. The Morgan fingerprint density at radius 3 is 0.841 bits per heavy atom. The molecule has 0 aromatic heterocycles. The highest BCUT2D eigenvalue weighted by molar-refractivity contribution is 6.05. The first-order valence-electron chi connectivity index (χ1n) is 26.5. The van der Waals surface area contributed by atoms with Crippen LogP contribution in [0.5, 0.6) is 0 Å². The Morgan fingerprint density at radius 1 is 0.317 bits per heavy atom. The van der Waals surface area contributed by atoms with Crippen LogP contribution >= 0.6 is 0 Å². The molecule has 360 valence electrons. The van der Waals surface area contributed by atoms with Gasteiger partial charge in [-0.1, -0.05) is 211 Å². The lowest BCUT2D eigenvalue weighted by Crippen LogP contribution is -2.17. The topological polar surface area (TPSA) is 78.9 Å².